The molecule has 0 amide bonds. The monoisotopic (exact) mass is 243 g/mol. The van der Waals surface area contributed by atoms with Gasteiger partial charge in [-0.05, 0) is 25.5 Å². The van der Waals surface area contributed by atoms with Gasteiger partial charge in [0.2, 0.25) is 0 Å². The van der Waals surface area contributed by atoms with Gasteiger partial charge in [0.1, 0.15) is 11.9 Å². The second kappa shape index (κ2) is 4.05. The maximum Gasteiger partial charge on any atom is 0.123 e. The fraction of sp³-hybridized carbons (Fsp3) is 0.357. The van der Waals surface area contributed by atoms with Crippen LogP contribution in [0, 0.1) is 13.8 Å². The molecule has 0 spiro atoms. The molecule has 1 atom stereocenters. The normalized spacial score (nSPS) is 17.6. The highest BCUT2D eigenvalue weighted by Crippen LogP contribution is 2.29. The van der Waals surface area contributed by atoms with Crippen LogP contribution in [0.3, 0.4) is 0 Å². The van der Waals surface area contributed by atoms with Crippen molar-refractivity contribution in [2.75, 3.05) is 5.73 Å². The van der Waals surface area contributed by atoms with Crippen LogP contribution in [0.1, 0.15) is 17.0 Å². The van der Waals surface area contributed by atoms with Crippen molar-refractivity contribution < 1.29 is 4.74 Å². The van der Waals surface area contributed by atoms with Gasteiger partial charge in [-0.3, -0.25) is 4.68 Å². The Morgan fingerprint density at radius 1 is 1.39 bits per heavy atom. The predicted molar refractivity (Wildman–Crippen MR) is 70.7 cm³/mol. The highest BCUT2D eigenvalue weighted by Gasteiger charge is 2.23. The predicted octanol–water partition coefficient (Wildman–Crippen LogP) is 2.09. The van der Waals surface area contributed by atoms with Gasteiger partial charge in [0, 0.05) is 6.42 Å². The summed E-state index contributed by atoms with van der Waals surface area (Å²) in [5.41, 5.74) is 9.91. The maximum atomic E-state index is 5.94. The van der Waals surface area contributed by atoms with E-state index in [-0.39, 0.29) is 6.10 Å². The van der Waals surface area contributed by atoms with Gasteiger partial charge in [-0.2, -0.15) is 5.10 Å². The number of aryl methyl sites for hydroxylation is 1. The molecule has 0 saturated heterocycles. The van der Waals surface area contributed by atoms with Crippen LogP contribution in [-0.2, 0) is 13.0 Å². The quantitative estimate of drug-likeness (QED) is 0.878. The van der Waals surface area contributed by atoms with Gasteiger partial charge in [0.15, 0.2) is 0 Å². The zero-order chi connectivity index (χ0) is 12.7. The Hall–Kier alpha value is -1.97. The van der Waals surface area contributed by atoms with Gasteiger partial charge in [-0.25, -0.2) is 0 Å². The molecular formula is C14H17N3O. The largest absolute Gasteiger partial charge is 0.488 e. The zero-order valence-corrected chi connectivity index (χ0v) is 10.7. The third-order valence-electron chi connectivity index (χ3n) is 3.53. The van der Waals surface area contributed by atoms with Crippen molar-refractivity contribution in [1.82, 2.24) is 9.78 Å². The molecule has 3 rings (SSSR count). The van der Waals surface area contributed by atoms with E-state index >= 15 is 0 Å². The summed E-state index contributed by atoms with van der Waals surface area (Å²) in [7, 11) is 0. The third-order valence-corrected chi connectivity index (χ3v) is 3.53. The second-order valence-electron chi connectivity index (χ2n) is 4.82. The Balaban J connectivity index is 1.78. The molecule has 94 valence electrons. The van der Waals surface area contributed by atoms with E-state index in [0.29, 0.717) is 0 Å². The van der Waals surface area contributed by atoms with Crippen LogP contribution in [0.25, 0.3) is 0 Å². The summed E-state index contributed by atoms with van der Waals surface area (Å²) in [6.07, 6.45) is 1.09. The number of rotatable bonds is 2. The van der Waals surface area contributed by atoms with Crippen molar-refractivity contribution in [2.45, 2.75) is 32.9 Å². The van der Waals surface area contributed by atoms with Crippen LogP contribution in [0.5, 0.6) is 5.75 Å². The molecule has 1 aromatic carbocycles. The molecule has 18 heavy (non-hydrogen) atoms. The lowest BCUT2D eigenvalue weighted by Crippen LogP contribution is -2.22. The number of nitrogen functional groups attached to an aromatic ring is 1. The Labute approximate surface area is 106 Å². The molecule has 0 fully saturated rings. The van der Waals surface area contributed by atoms with Crippen LogP contribution in [0.15, 0.2) is 24.3 Å². The number of nitrogens with zero attached hydrogens (tertiary/aromatic N) is 2. The summed E-state index contributed by atoms with van der Waals surface area (Å²) in [5.74, 6) is 0.997. The summed E-state index contributed by atoms with van der Waals surface area (Å²) < 4.78 is 7.86. The van der Waals surface area contributed by atoms with E-state index in [1.54, 1.807) is 0 Å². The SMILES string of the molecule is Cc1nn(CC2Cc3ccccc3O2)c(C)c1N. The first-order valence-corrected chi connectivity index (χ1v) is 6.19. The average molecular weight is 243 g/mol. The topological polar surface area (TPSA) is 53.1 Å². The molecule has 0 radical (unpaired) electrons. The van der Waals surface area contributed by atoms with E-state index in [1.807, 2.05) is 36.7 Å². The van der Waals surface area contributed by atoms with Crippen molar-refractivity contribution >= 4 is 5.69 Å². The Morgan fingerprint density at radius 3 is 2.83 bits per heavy atom. The van der Waals surface area contributed by atoms with Crippen molar-refractivity contribution in [3.63, 3.8) is 0 Å². The van der Waals surface area contributed by atoms with Gasteiger partial charge in [-0.1, -0.05) is 18.2 Å². The number of anilines is 1. The fourth-order valence-electron chi connectivity index (χ4n) is 2.44. The van der Waals surface area contributed by atoms with Crippen molar-refractivity contribution in [2.24, 2.45) is 0 Å². The number of hydrogen-bond donors (Lipinski definition) is 1. The van der Waals surface area contributed by atoms with Gasteiger partial charge < -0.3 is 10.5 Å². The molecule has 2 aromatic rings. The maximum absolute atomic E-state index is 5.94. The van der Waals surface area contributed by atoms with E-state index in [2.05, 4.69) is 11.2 Å². The smallest absolute Gasteiger partial charge is 0.123 e. The molecule has 1 aromatic heterocycles. The van der Waals surface area contributed by atoms with Gasteiger partial charge in [0.25, 0.3) is 0 Å². The molecule has 0 saturated carbocycles. The molecule has 2 N–H and O–H groups in total. The third kappa shape index (κ3) is 1.74. The molecule has 2 heterocycles. The Kier molecular flexibility index (Phi) is 2.51. The van der Waals surface area contributed by atoms with Gasteiger partial charge in [-0.15, -0.1) is 0 Å². The number of nitrogens with two attached hydrogens (primary N) is 1. The van der Waals surface area contributed by atoms with Gasteiger partial charge >= 0.3 is 0 Å². The van der Waals surface area contributed by atoms with Crippen molar-refractivity contribution in [3.05, 3.63) is 41.2 Å². The molecule has 0 aliphatic carbocycles. The standard InChI is InChI=1S/C14H17N3O/c1-9-14(15)10(2)17(16-9)8-12-7-11-5-3-4-6-13(11)18-12/h3-6,12H,7-8,15H2,1-2H3. The van der Waals surface area contributed by atoms with E-state index in [0.717, 1.165) is 35.8 Å². The van der Waals surface area contributed by atoms with Crippen LogP contribution in [0.4, 0.5) is 5.69 Å². The highest BCUT2D eigenvalue weighted by molar-refractivity contribution is 5.47. The Morgan fingerprint density at radius 2 is 2.17 bits per heavy atom. The van der Waals surface area contributed by atoms with Crippen molar-refractivity contribution in [3.8, 4) is 5.75 Å². The molecule has 0 bridgehead atoms. The van der Waals surface area contributed by atoms with Crippen LogP contribution in [0.2, 0.25) is 0 Å². The first-order chi connectivity index (χ1) is 8.65. The average Bonchev–Trinajstić information content (AvgIpc) is 2.87. The van der Waals surface area contributed by atoms with Crippen LogP contribution in [-0.4, -0.2) is 15.9 Å². The van der Waals surface area contributed by atoms with Crippen molar-refractivity contribution in [1.29, 1.82) is 0 Å². The van der Waals surface area contributed by atoms with Crippen LogP contribution >= 0.6 is 0 Å². The summed E-state index contributed by atoms with van der Waals surface area (Å²) >= 11 is 0. The molecule has 4 heteroatoms. The summed E-state index contributed by atoms with van der Waals surface area (Å²) in [6.45, 7) is 4.68. The lowest BCUT2D eigenvalue weighted by atomic mass is 10.1. The number of benzene rings is 1. The number of ether oxygens (including phenoxy) is 1. The van der Waals surface area contributed by atoms with E-state index in [9.17, 15) is 0 Å². The molecule has 1 aliphatic heterocycles. The molecule has 4 nitrogen and oxygen atoms in total. The van der Waals surface area contributed by atoms with E-state index in [1.165, 1.54) is 5.56 Å². The second-order valence-corrected chi connectivity index (χ2v) is 4.82. The van der Waals surface area contributed by atoms with Crippen LogP contribution < -0.4 is 10.5 Å². The van der Waals surface area contributed by atoms with Gasteiger partial charge in [0.05, 0.1) is 23.6 Å². The lowest BCUT2D eigenvalue weighted by molar-refractivity contribution is 0.202. The first-order valence-electron chi connectivity index (χ1n) is 6.19. The molecule has 1 aliphatic rings. The van der Waals surface area contributed by atoms with E-state index < -0.39 is 0 Å². The molecular weight excluding hydrogens is 226 g/mol. The zero-order valence-electron chi connectivity index (χ0n) is 10.7. The minimum atomic E-state index is 0.153. The minimum Gasteiger partial charge on any atom is -0.488 e. The number of fused-ring (bicyclic) bond motifs is 1. The summed E-state index contributed by atoms with van der Waals surface area (Å²) in [6, 6.07) is 8.18. The minimum absolute atomic E-state index is 0.153. The lowest BCUT2D eigenvalue weighted by Gasteiger charge is -2.12. The summed E-state index contributed by atoms with van der Waals surface area (Å²) in [5, 5.41) is 4.45. The molecule has 1 unspecified atom stereocenters. The Bertz CT molecular complexity index is 564. The number of para-hydroxylation sites is 1. The first kappa shape index (κ1) is 11.1. The summed E-state index contributed by atoms with van der Waals surface area (Å²) in [4.78, 5) is 0. The highest BCUT2D eigenvalue weighted by atomic mass is 16.5. The number of hydrogen-bond acceptors (Lipinski definition) is 3. The van der Waals surface area contributed by atoms with E-state index in [4.69, 9.17) is 10.5 Å². The fourth-order valence-corrected chi connectivity index (χ4v) is 2.44. The number of aromatic nitrogens is 2.